The van der Waals surface area contributed by atoms with Gasteiger partial charge in [0.2, 0.25) is 11.8 Å². The van der Waals surface area contributed by atoms with Crippen LogP contribution >= 0.6 is 0 Å². The van der Waals surface area contributed by atoms with Crippen LogP contribution in [0.3, 0.4) is 0 Å². The van der Waals surface area contributed by atoms with E-state index in [0.717, 1.165) is 37.8 Å². The zero-order valence-electron chi connectivity index (χ0n) is 14.1. The Kier molecular flexibility index (Phi) is 4.34. The Morgan fingerprint density at radius 3 is 2.72 bits per heavy atom. The normalized spacial score (nSPS) is 21.9. The smallest absolute Gasteiger partial charge is 0.231 e. The Morgan fingerprint density at radius 1 is 1.04 bits per heavy atom. The molecule has 4 rings (SSSR count). The molecular formula is C19H22N4O2. The van der Waals surface area contributed by atoms with Crippen molar-refractivity contribution in [1.29, 1.82) is 0 Å². The lowest BCUT2D eigenvalue weighted by Gasteiger charge is -2.21. The van der Waals surface area contributed by atoms with Crippen LogP contribution in [-0.4, -0.2) is 23.0 Å². The summed E-state index contributed by atoms with van der Waals surface area (Å²) in [6.07, 6.45) is 13.8. The van der Waals surface area contributed by atoms with E-state index < -0.39 is 0 Å². The van der Waals surface area contributed by atoms with E-state index in [-0.39, 0.29) is 23.7 Å². The second-order valence-corrected chi connectivity index (χ2v) is 6.99. The summed E-state index contributed by atoms with van der Waals surface area (Å²) in [5.74, 6) is 0.200. The summed E-state index contributed by atoms with van der Waals surface area (Å²) in [5.41, 5.74) is 3.27. The minimum atomic E-state index is -0.327. The molecule has 130 valence electrons. The minimum Gasteiger partial charge on any atom is -0.324 e. The van der Waals surface area contributed by atoms with Gasteiger partial charge in [-0.1, -0.05) is 0 Å². The first-order chi connectivity index (χ1) is 12.2. The van der Waals surface area contributed by atoms with Crippen LogP contribution in [0.1, 0.15) is 43.2 Å². The van der Waals surface area contributed by atoms with E-state index >= 15 is 0 Å². The molecular weight excluding hydrogens is 316 g/mol. The van der Waals surface area contributed by atoms with Crippen molar-refractivity contribution in [3.8, 4) is 0 Å². The predicted molar refractivity (Wildman–Crippen MR) is 95.1 cm³/mol. The molecule has 0 aromatic carbocycles. The number of hydrogen-bond acceptors (Lipinski definition) is 4. The van der Waals surface area contributed by atoms with E-state index in [1.807, 2.05) is 6.20 Å². The van der Waals surface area contributed by atoms with Crippen LogP contribution in [0.2, 0.25) is 0 Å². The van der Waals surface area contributed by atoms with Gasteiger partial charge in [0.05, 0.1) is 17.8 Å². The van der Waals surface area contributed by atoms with Crippen molar-refractivity contribution in [3.63, 3.8) is 0 Å². The Hall–Kier alpha value is -2.50. The Balaban J connectivity index is 1.45. The van der Waals surface area contributed by atoms with Crippen LogP contribution < -0.4 is 10.6 Å². The number of rotatable bonds is 4. The Morgan fingerprint density at radius 2 is 1.88 bits per heavy atom. The average molecular weight is 338 g/mol. The van der Waals surface area contributed by atoms with Crippen LogP contribution in [0.4, 0.5) is 5.69 Å². The largest absolute Gasteiger partial charge is 0.324 e. The minimum absolute atomic E-state index is 0.00536. The molecule has 25 heavy (non-hydrogen) atoms. The zero-order chi connectivity index (χ0) is 17.2. The van der Waals surface area contributed by atoms with Crippen LogP contribution in [0.5, 0.6) is 0 Å². The van der Waals surface area contributed by atoms with Gasteiger partial charge in [0.15, 0.2) is 0 Å². The number of fused-ring (bicyclic) bond motifs is 1. The third-order valence-electron chi connectivity index (χ3n) is 5.01. The summed E-state index contributed by atoms with van der Waals surface area (Å²) in [4.78, 5) is 33.0. The molecule has 1 saturated carbocycles. The van der Waals surface area contributed by atoms with Crippen molar-refractivity contribution in [2.75, 3.05) is 5.32 Å². The highest BCUT2D eigenvalue weighted by atomic mass is 16.2. The van der Waals surface area contributed by atoms with Crippen molar-refractivity contribution in [2.45, 2.75) is 44.9 Å². The molecule has 2 N–H and O–H groups in total. The highest BCUT2D eigenvalue weighted by Gasteiger charge is 2.30. The molecule has 1 fully saturated rings. The quantitative estimate of drug-likeness (QED) is 0.884. The molecule has 1 aromatic rings. The van der Waals surface area contributed by atoms with Gasteiger partial charge in [-0.15, -0.1) is 0 Å². The summed E-state index contributed by atoms with van der Waals surface area (Å²) in [7, 11) is 0. The molecule has 1 aromatic heterocycles. The second kappa shape index (κ2) is 6.78. The number of aromatic nitrogens is 1. The summed E-state index contributed by atoms with van der Waals surface area (Å²) < 4.78 is 0. The molecule has 0 saturated heterocycles. The van der Waals surface area contributed by atoms with Crippen LogP contribution in [0.25, 0.3) is 0 Å². The summed E-state index contributed by atoms with van der Waals surface area (Å²) in [6.45, 7) is 0. The van der Waals surface area contributed by atoms with Crippen molar-refractivity contribution in [2.24, 2.45) is 16.8 Å². The van der Waals surface area contributed by atoms with Crippen molar-refractivity contribution in [3.05, 3.63) is 35.4 Å². The zero-order valence-corrected chi connectivity index (χ0v) is 14.1. The summed E-state index contributed by atoms with van der Waals surface area (Å²) in [5, 5.41) is 5.84. The molecule has 2 aliphatic carbocycles. The van der Waals surface area contributed by atoms with Gasteiger partial charge in [0.25, 0.3) is 0 Å². The van der Waals surface area contributed by atoms with Gasteiger partial charge in [0, 0.05) is 18.3 Å². The van der Waals surface area contributed by atoms with E-state index in [2.05, 4.69) is 20.6 Å². The van der Waals surface area contributed by atoms with E-state index in [9.17, 15) is 9.59 Å². The average Bonchev–Trinajstić information content (AvgIpc) is 3.47. The fraction of sp³-hybridized carbons (Fsp3) is 0.474. The highest BCUT2D eigenvalue weighted by Crippen LogP contribution is 2.30. The monoisotopic (exact) mass is 338 g/mol. The number of nitrogens with zero attached hydrogens (tertiary/aromatic N) is 2. The topological polar surface area (TPSA) is 83.5 Å². The third-order valence-corrected chi connectivity index (χ3v) is 5.01. The van der Waals surface area contributed by atoms with Crippen LogP contribution in [0.15, 0.2) is 29.3 Å². The predicted octanol–water partition coefficient (Wildman–Crippen LogP) is 2.36. The number of carbonyl (C=O) groups is 2. The maximum Gasteiger partial charge on any atom is 0.231 e. The number of aryl methyl sites for hydroxylation is 1. The first kappa shape index (κ1) is 16.0. The number of amides is 2. The van der Waals surface area contributed by atoms with Crippen LogP contribution in [-0.2, 0) is 22.4 Å². The lowest BCUT2D eigenvalue weighted by atomic mass is 9.92. The molecule has 6 nitrogen and oxygen atoms in total. The van der Waals surface area contributed by atoms with Gasteiger partial charge >= 0.3 is 0 Å². The van der Waals surface area contributed by atoms with E-state index in [1.165, 1.54) is 17.5 Å². The fourth-order valence-electron chi connectivity index (χ4n) is 3.39. The standard InChI is InChI=1S/C19H22N4O2/c24-18(12-5-6-12)23-17-9-13(7-8-21-17)19(25)22-16-11-20-10-14-3-1-2-4-15(14)16/h8-13H,1-7H2,(H,22,25)(H,23,24). The van der Waals surface area contributed by atoms with E-state index in [4.69, 9.17) is 0 Å². The second-order valence-electron chi connectivity index (χ2n) is 6.99. The SMILES string of the molecule is O=C(Nc1cncc2c1CCCC2)C1C=C(NC(=O)C2CC2)N=CC1. The molecule has 1 aliphatic heterocycles. The van der Waals surface area contributed by atoms with Crippen LogP contribution in [0, 0.1) is 11.8 Å². The van der Waals surface area contributed by atoms with Crippen molar-refractivity contribution < 1.29 is 9.59 Å². The molecule has 0 bridgehead atoms. The highest BCUT2D eigenvalue weighted by molar-refractivity contribution is 5.96. The number of anilines is 1. The number of pyridine rings is 1. The van der Waals surface area contributed by atoms with Crippen molar-refractivity contribution in [1.82, 2.24) is 10.3 Å². The molecule has 2 heterocycles. The number of hydrogen-bond donors (Lipinski definition) is 2. The van der Waals surface area contributed by atoms with Gasteiger partial charge in [-0.05, 0) is 62.1 Å². The first-order valence-electron chi connectivity index (χ1n) is 9.02. The lowest BCUT2D eigenvalue weighted by Crippen LogP contribution is -2.29. The maximum atomic E-state index is 12.7. The molecule has 1 unspecified atom stereocenters. The number of aliphatic imine (C=N–C) groups is 1. The number of nitrogens with one attached hydrogen (secondary N) is 2. The maximum absolute atomic E-state index is 12.7. The fourth-order valence-corrected chi connectivity index (χ4v) is 3.39. The molecule has 2 amide bonds. The van der Waals surface area contributed by atoms with E-state index in [0.29, 0.717) is 12.2 Å². The lowest BCUT2D eigenvalue weighted by molar-refractivity contribution is -0.122. The number of carbonyl (C=O) groups excluding carboxylic acids is 2. The third kappa shape index (κ3) is 3.62. The molecule has 6 heteroatoms. The summed E-state index contributed by atoms with van der Waals surface area (Å²) >= 11 is 0. The molecule has 0 spiro atoms. The first-order valence-corrected chi connectivity index (χ1v) is 9.02. The van der Waals surface area contributed by atoms with Gasteiger partial charge in [0.1, 0.15) is 5.82 Å². The molecule has 3 aliphatic rings. The van der Waals surface area contributed by atoms with Gasteiger partial charge in [-0.2, -0.15) is 0 Å². The Bertz CT molecular complexity index is 765. The van der Waals surface area contributed by atoms with Gasteiger partial charge < -0.3 is 10.6 Å². The Labute approximate surface area is 146 Å². The van der Waals surface area contributed by atoms with Gasteiger partial charge in [-0.25, -0.2) is 4.99 Å². The molecule has 0 radical (unpaired) electrons. The van der Waals surface area contributed by atoms with Gasteiger partial charge in [-0.3, -0.25) is 14.6 Å². The summed E-state index contributed by atoms with van der Waals surface area (Å²) in [6, 6.07) is 0. The molecule has 1 atom stereocenters. The van der Waals surface area contributed by atoms with Crippen molar-refractivity contribution >= 4 is 23.7 Å². The van der Waals surface area contributed by atoms with E-state index in [1.54, 1.807) is 18.5 Å².